The monoisotopic (exact) mass is 684 g/mol. The summed E-state index contributed by atoms with van der Waals surface area (Å²) in [6.45, 7) is 0. The third-order valence-electron chi connectivity index (χ3n) is 12.1. The Kier molecular flexibility index (Phi) is 6.15. The van der Waals surface area contributed by atoms with Crippen molar-refractivity contribution < 1.29 is 9.15 Å². The third kappa shape index (κ3) is 4.24. The number of furan rings is 1. The topological polar surface area (TPSA) is 28.9 Å². The van der Waals surface area contributed by atoms with E-state index in [1.54, 1.807) is 0 Å². The molecule has 0 N–H and O–H groups in total. The van der Waals surface area contributed by atoms with E-state index in [1.165, 1.54) is 61.4 Å². The number of ether oxygens (including phenoxy) is 1. The van der Waals surface area contributed by atoms with Crippen LogP contribution >= 0.6 is 0 Å². The minimum atomic E-state index is -0.152. The molecule has 5 aliphatic rings. The molecule has 7 aromatic rings. The Morgan fingerprint density at radius 1 is 0.623 bits per heavy atom. The molecule has 4 heterocycles. The molecular weight excluding hydrogens is 649 g/mol. The predicted molar refractivity (Wildman–Crippen MR) is 216 cm³/mol. The molecule has 2 aliphatic carbocycles. The Bertz CT molecular complexity index is 2790. The highest BCUT2D eigenvalue weighted by molar-refractivity contribution is 6.22. The molecule has 0 radical (unpaired) electrons. The molecule has 0 saturated carbocycles. The molecule has 0 spiro atoms. The highest BCUT2D eigenvalue weighted by Crippen LogP contribution is 2.54. The summed E-state index contributed by atoms with van der Waals surface area (Å²) < 4.78 is 14.1. The molecule has 6 aromatic carbocycles. The first-order chi connectivity index (χ1) is 26.3. The first kappa shape index (κ1) is 29.3. The highest BCUT2D eigenvalue weighted by atomic mass is 16.5. The number of benzene rings is 6. The van der Waals surface area contributed by atoms with Crippen molar-refractivity contribution in [1.29, 1.82) is 0 Å². The number of nitrogens with zero attached hydrogens (tertiary/aromatic N) is 2. The average molecular weight is 685 g/mol. The summed E-state index contributed by atoms with van der Waals surface area (Å²) in [7, 11) is 0. The molecule has 1 aromatic heterocycles. The van der Waals surface area contributed by atoms with Gasteiger partial charge >= 0.3 is 0 Å². The van der Waals surface area contributed by atoms with Crippen molar-refractivity contribution in [2.75, 3.05) is 9.80 Å². The molecule has 4 heteroatoms. The van der Waals surface area contributed by atoms with E-state index in [4.69, 9.17) is 9.15 Å². The van der Waals surface area contributed by atoms with Crippen LogP contribution in [0.2, 0.25) is 0 Å². The minimum absolute atomic E-state index is 0.0825. The van der Waals surface area contributed by atoms with Crippen LogP contribution in [0.25, 0.3) is 32.7 Å². The molecule has 3 aliphatic heterocycles. The van der Waals surface area contributed by atoms with E-state index >= 15 is 0 Å². The number of anilines is 4. The van der Waals surface area contributed by atoms with Gasteiger partial charge in [0.15, 0.2) is 11.3 Å². The quantitative estimate of drug-likeness (QED) is 0.181. The summed E-state index contributed by atoms with van der Waals surface area (Å²) >= 11 is 0. The molecule has 4 nitrogen and oxygen atoms in total. The van der Waals surface area contributed by atoms with Crippen molar-refractivity contribution in [2.45, 2.75) is 44.1 Å². The molecule has 12 rings (SSSR count). The summed E-state index contributed by atoms with van der Waals surface area (Å²) in [5.41, 5.74) is 15.8. The van der Waals surface area contributed by atoms with Crippen LogP contribution in [0.15, 0.2) is 167 Å². The number of hydrogen-bond donors (Lipinski definition) is 0. The fourth-order valence-electron chi connectivity index (χ4n) is 9.76. The van der Waals surface area contributed by atoms with Crippen LogP contribution < -0.4 is 14.5 Å². The zero-order valence-electron chi connectivity index (χ0n) is 29.3. The SMILES string of the molecule is C1=CC2=C(CC1)CCc1ccccc1N2c1ccc2c(c1)oc1c3c(c4ccccc4c12)C1C=CC(N2c4ccccc4Cc4ccccc42)=CC1O3. The van der Waals surface area contributed by atoms with Gasteiger partial charge in [0.1, 0.15) is 11.7 Å². The van der Waals surface area contributed by atoms with E-state index in [2.05, 4.69) is 155 Å². The Morgan fingerprint density at radius 3 is 2.15 bits per heavy atom. The maximum absolute atomic E-state index is 7.06. The molecule has 2 unspecified atom stereocenters. The van der Waals surface area contributed by atoms with E-state index in [-0.39, 0.29) is 12.0 Å². The summed E-state index contributed by atoms with van der Waals surface area (Å²) in [6.07, 6.45) is 16.8. The van der Waals surface area contributed by atoms with Gasteiger partial charge in [0.2, 0.25) is 0 Å². The largest absolute Gasteiger partial charge is 0.481 e. The maximum Gasteiger partial charge on any atom is 0.178 e. The second kappa shape index (κ2) is 11.1. The predicted octanol–water partition coefficient (Wildman–Crippen LogP) is 12.5. The van der Waals surface area contributed by atoms with Gasteiger partial charge in [0.05, 0.1) is 0 Å². The van der Waals surface area contributed by atoms with Crippen LogP contribution in [0.1, 0.15) is 47.4 Å². The Labute approximate surface area is 308 Å². The molecule has 53 heavy (non-hydrogen) atoms. The third-order valence-corrected chi connectivity index (χ3v) is 12.1. The fourth-order valence-corrected chi connectivity index (χ4v) is 9.76. The number of allylic oxidation sites excluding steroid dienone is 4. The second-order valence-electron chi connectivity index (χ2n) is 15.0. The van der Waals surface area contributed by atoms with Gasteiger partial charge in [-0.3, -0.25) is 0 Å². The van der Waals surface area contributed by atoms with Crippen molar-refractivity contribution in [3.8, 4) is 5.75 Å². The molecular formula is C49H36N2O2. The van der Waals surface area contributed by atoms with Gasteiger partial charge in [-0.15, -0.1) is 0 Å². The molecule has 254 valence electrons. The lowest BCUT2D eigenvalue weighted by molar-refractivity contribution is 0.267. The zero-order chi connectivity index (χ0) is 34.6. The van der Waals surface area contributed by atoms with Crippen molar-refractivity contribution in [3.05, 3.63) is 185 Å². The van der Waals surface area contributed by atoms with Crippen LogP contribution in [-0.2, 0) is 12.8 Å². The van der Waals surface area contributed by atoms with E-state index in [0.29, 0.717) is 0 Å². The van der Waals surface area contributed by atoms with Crippen molar-refractivity contribution in [3.63, 3.8) is 0 Å². The van der Waals surface area contributed by atoms with Crippen molar-refractivity contribution in [1.82, 2.24) is 0 Å². The lowest BCUT2D eigenvalue weighted by Crippen LogP contribution is -2.27. The molecule has 0 fully saturated rings. The van der Waals surface area contributed by atoms with Crippen molar-refractivity contribution in [2.24, 2.45) is 0 Å². The summed E-state index contributed by atoms with van der Waals surface area (Å²) in [4.78, 5) is 4.87. The van der Waals surface area contributed by atoms with Crippen LogP contribution in [0.3, 0.4) is 0 Å². The number of fused-ring (bicyclic) bond motifs is 13. The van der Waals surface area contributed by atoms with Crippen LogP contribution in [-0.4, -0.2) is 6.10 Å². The molecule has 0 amide bonds. The molecule has 0 bridgehead atoms. The van der Waals surface area contributed by atoms with Gasteiger partial charge in [0.25, 0.3) is 0 Å². The first-order valence-corrected chi connectivity index (χ1v) is 19.0. The molecule has 0 saturated heterocycles. The van der Waals surface area contributed by atoms with E-state index in [9.17, 15) is 0 Å². The Morgan fingerprint density at radius 2 is 1.34 bits per heavy atom. The zero-order valence-corrected chi connectivity index (χ0v) is 29.3. The number of aryl methyl sites for hydroxylation is 1. The van der Waals surface area contributed by atoms with E-state index in [0.717, 1.165) is 71.2 Å². The van der Waals surface area contributed by atoms with Crippen LogP contribution in [0, 0.1) is 0 Å². The summed E-state index contributed by atoms with van der Waals surface area (Å²) in [5, 5.41) is 4.68. The smallest absolute Gasteiger partial charge is 0.178 e. The van der Waals surface area contributed by atoms with Gasteiger partial charge < -0.3 is 19.0 Å². The number of para-hydroxylation sites is 3. The van der Waals surface area contributed by atoms with Crippen LogP contribution in [0.5, 0.6) is 5.75 Å². The van der Waals surface area contributed by atoms with Gasteiger partial charge in [-0.25, -0.2) is 0 Å². The fraction of sp³-hybridized carbons (Fsp3) is 0.143. The molecule has 2 atom stereocenters. The van der Waals surface area contributed by atoms with E-state index < -0.39 is 0 Å². The lowest BCUT2D eigenvalue weighted by Gasteiger charge is -2.35. The Hall–Kier alpha value is -6.26. The summed E-state index contributed by atoms with van der Waals surface area (Å²) in [6, 6.07) is 42.0. The van der Waals surface area contributed by atoms with E-state index in [1.807, 2.05) is 0 Å². The lowest BCUT2D eigenvalue weighted by atomic mass is 9.86. The van der Waals surface area contributed by atoms with Gasteiger partial charge in [-0.2, -0.15) is 0 Å². The van der Waals surface area contributed by atoms with Crippen LogP contribution in [0.4, 0.5) is 22.7 Å². The number of rotatable bonds is 2. The highest BCUT2D eigenvalue weighted by Gasteiger charge is 2.39. The maximum atomic E-state index is 7.06. The van der Waals surface area contributed by atoms with Gasteiger partial charge in [-0.05, 0) is 107 Å². The Balaban J connectivity index is 1.01. The normalized spacial score (nSPS) is 19.7. The minimum Gasteiger partial charge on any atom is -0.481 e. The van der Waals surface area contributed by atoms with Crippen molar-refractivity contribution >= 4 is 55.5 Å². The standard InChI is InChI=1S/C49H36N2O2/c1-7-17-40-30(11-1)21-22-31-12-2-8-18-41(31)50(40)34-23-25-38-44(28-34)52-48-46(38)36-15-5-6-16-37(36)47-39-26-24-35(29-45(39)53-49(47)48)51-42-19-9-3-13-32(42)27-33-14-4-10-20-43(33)51/h1,3-11,13-20,23-26,28-29,39,45H,2,12,21-22,27H2. The summed E-state index contributed by atoms with van der Waals surface area (Å²) in [5.74, 6) is 0.951. The average Bonchev–Trinajstić information content (AvgIpc) is 3.74. The first-order valence-electron chi connectivity index (χ1n) is 19.0. The van der Waals surface area contributed by atoms with Gasteiger partial charge in [0, 0.05) is 68.9 Å². The second-order valence-corrected chi connectivity index (χ2v) is 15.0. The number of hydrogen-bond acceptors (Lipinski definition) is 4. The van der Waals surface area contributed by atoms with Gasteiger partial charge in [-0.1, -0.05) is 91.0 Å².